The Morgan fingerprint density at radius 3 is 2.77 bits per heavy atom. The van der Waals surface area contributed by atoms with E-state index in [4.69, 9.17) is 5.73 Å². The quantitative estimate of drug-likeness (QED) is 0.871. The van der Waals surface area contributed by atoms with Crippen LogP contribution in [0.4, 0.5) is 4.39 Å². The van der Waals surface area contributed by atoms with Crippen LogP contribution in [0.1, 0.15) is 18.9 Å². The number of benzene rings is 1. The van der Waals surface area contributed by atoms with Gasteiger partial charge in [0, 0.05) is 16.1 Å². The number of halogens is 2. The SMILES string of the molecule is CC(N)CCc1c(F)cccc1Br. The van der Waals surface area contributed by atoms with E-state index < -0.39 is 0 Å². The second-order valence-electron chi connectivity index (χ2n) is 3.22. The summed E-state index contributed by atoms with van der Waals surface area (Å²) in [5, 5.41) is 0. The normalized spacial score (nSPS) is 12.9. The van der Waals surface area contributed by atoms with Crippen LogP contribution >= 0.6 is 15.9 Å². The average Bonchev–Trinajstić information content (AvgIpc) is 2.03. The minimum atomic E-state index is -0.157. The molecular formula is C10H13BrFN. The van der Waals surface area contributed by atoms with E-state index in [2.05, 4.69) is 15.9 Å². The minimum absolute atomic E-state index is 0.117. The van der Waals surface area contributed by atoms with Gasteiger partial charge in [-0.15, -0.1) is 0 Å². The molecular weight excluding hydrogens is 233 g/mol. The summed E-state index contributed by atoms with van der Waals surface area (Å²) in [7, 11) is 0. The Morgan fingerprint density at radius 2 is 2.23 bits per heavy atom. The zero-order chi connectivity index (χ0) is 9.84. The molecule has 0 fully saturated rings. The van der Waals surface area contributed by atoms with Crippen molar-refractivity contribution < 1.29 is 4.39 Å². The molecule has 0 aliphatic heterocycles. The van der Waals surface area contributed by atoms with Crippen LogP contribution in [0.3, 0.4) is 0 Å². The standard InChI is InChI=1S/C10H13BrFN/c1-7(13)5-6-8-9(11)3-2-4-10(8)12/h2-4,7H,5-6,13H2,1H3. The first-order valence-corrected chi connectivity index (χ1v) is 5.09. The van der Waals surface area contributed by atoms with Gasteiger partial charge in [0.1, 0.15) is 5.82 Å². The largest absolute Gasteiger partial charge is 0.328 e. The topological polar surface area (TPSA) is 26.0 Å². The summed E-state index contributed by atoms with van der Waals surface area (Å²) in [5.74, 6) is -0.157. The van der Waals surface area contributed by atoms with E-state index in [9.17, 15) is 4.39 Å². The summed E-state index contributed by atoms with van der Waals surface area (Å²) in [4.78, 5) is 0. The highest BCUT2D eigenvalue weighted by Crippen LogP contribution is 2.21. The summed E-state index contributed by atoms with van der Waals surface area (Å²) < 4.78 is 14.1. The van der Waals surface area contributed by atoms with Crippen LogP contribution in [0.15, 0.2) is 22.7 Å². The molecule has 0 spiro atoms. The van der Waals surface area contributed by atoms with Crippen molar-refractivity contribution in [3.63, 3.8) is 0 Å². The fraction of sp³-hybridized carbons (Fsp3) is 0.400. The molecule has 0 aromatic heterocycles. The first kappa shape index (κ1) is 10.7. The maximum Gasteiger partial charge on any atom is 0.127 e. The number of hydrogen-bond acceptors (Lipinski definition) is 1. The summed E-state index contributed by atoms with van der Waals surface area (Å²) in [6.45, 7) is 1.93. The predicted molar refractivity (Wildman–Crippen MR) is 56.1 cm³/mol. The molecule has 0 saturated heterocycles. The molecule has 72 valence electrons. The van der Waals surface area contributed by atoms with Gasteiger partial charge in [-0.2, -0.15) is 0 Å². The summed E-state index contributed by atoms with van der Waals surface area (Å²) in [5.41, 5.74) is 6.32. The second-order valence-corrected chi connectivity index (χ2v) is 4.07. The van der Waals surface area contributed by atoms with Crippen molar-refractivity contribution >= 4 is 15.9 Å². The predicted octanol–water partition coefficient (Wildman–Crippen LogP) is 2.87. The third-order valence-electron chi connectivity index (χ3n) is 1.91. The van der Waals surface area contributed by atoms with Crippen LogP contribution in [-0.2, 0) is 6.42 Å². The smallest absolute Gasteiger partial charge is 0.127 e. The van der Waals surface area contributed by atoms with E-state index in [-0.39, 0.29) is 11.9 Å². The second kappa shape index (κ2) is 4.72. The van der Waals surface area contributed by atoms with Gasteiger partial charge in [-0.05, 0) is 31.9 Å². The van der Waals surface area contributed by atoms with Gasteiger partial charge in [0.25, 0.3) is 0 Å². The molecule has 1 nitrogen and oxygen atoms in total. The number of rotatable bonds is 3. The third kappa shape index (κ3) is 3.08. The molecule has 1 aromatic carbocycles. The zero-order valence-electron chi connectivity index (χ0n) is 7.56. The molecule has 2 N–H and O–H groups in total. The molecule has 1 atom stereocenters. The van der Waals surface area contributed by atoms with Crippen molar-refractivity contribution in [2.75, 3.05) is 0 Å². The van der Waals surface area contributed by atoms with E-state index in [0.717, 1.165) is 16.5 Å². The number of hydrogen-bond donors (Lipinski definition) is 1. The molecule has 13 heavy (non-hydrogen) atoms. The molecule has 0 heterocycles. The van der Waals surface area contributed by atoms with Gasteiger partial charge in [0.15, 0.2) is 0 Å². The van der Waals surface area contributed by atoms with Gasteiger partial charge in [0.05, 0.1) is 0 Å². The van der Waals surface area contributed by atoms with Gasteiger partial charge < -0.3 is 5.73 Å². The molecule has 0 amide bonds. The Hall–Kier alpha value is -0.410. The summed E-state index contributed by atoms with van der Waals surface area (Å²) in [6.07, 6.45) is 1.49. The maximum atomic E-state index is 13.2. The van der Waals surface area contributed by atoms with Crippen LogP contribution in [-0.4, -0.2) is 6.04 Å². The van der Waals surface area contributed by atoms with E-state index in [0.29, 0.717) is 6.42 Å². The van der Waals surface area contributed by atoms with Gasteiger partial charge in [-0.1, -0.05) is 22.0 Å². The highest BCUT2D eigenvalue weighted by molar-refractivity contribution is 9.10. The average molecular weight is 246 g/mol. The Balaban J connectivity index is 2.75. The van der Waals surface area contributed by atoms with Crippen LogP contribution in [0, 0.1) is 5.82 Å². The Bertz CT molecular complexity index is 266. The van der Waals surface area contributed by atoms with Crippen molar-refractivity contribution in [3.05, 3.63) is 34.1 Å². The van der Waals surface area contributed by atoms with E-state index in [1.165, 1.54) is 6.07 Å². The maximum absolute atomic E-state index is 13.2. The lowest BCUT2D eigenvalue weighted by molar-refractivity contribution is 0.589. The fourth-order valence-corrected chi connectivity index (χ4v) is 1.68. The molecule has 0 radical (unpaired) electrons. The van der Waals surface area contributed by atoms with Crippen molar-refractivity contribution in [2.24, 2.45) is 5.73 Å². The third-order valence-corrected chi connectivity index (χ3v) is 2.65. The van der Waals surface area contributed by atoms with Crippen LogP contribution < -0.4 is 5.73 Å². The lowest BCUT2D eigenvalue weighted by Gasteiger charge is -2.07. The molecule has 3 heteroatoms. The van der Waals surface area contributed by atoms with Crippen LogP contribution in [0.5, 0.6) is 0 Å². The molecule has 0 saturated carbocycles. The van der Waals surface area contributed by atoms with Crippen molar-refractivity contribution in [2.45, 2.75) is 25.8 Å². The van der Waals surface area contributed by atoms with Gasteiger partial charge in [-0.3, -0.25) is 0 Å². The Labute approximate surface area is 86.3 Å². The van der Waals surface area contributed by atoms with Crippen LogP contribution in [0.2, 0.25) is 0 Å². The molecule has 0 bridgehead atoms. The van der Waals surface area contributed by atoms with E-state index in [1.807, 2.05) is 13.0 Å². The lowest BCUT2D eigenvalue weighted by atomic mass is 10.1. The summed E-state index contributed by atoms with van der Waals surface area (Å²) in [6, 6.07) is 5.13. The number of nitrogens with two attached hydrogens (primary N) is 1. The van der Waals surface area contributed by atoms with Crippen molar-refractivity contribution in [3.8, 4) is 0 Å². The molecule has 0 aliphatic rings. The lowest BCUT2D eigenvalue weighted by Crippen LogP contribution is -2.15. The monoisotopic (exact) mass is 245 g/mol. The molecule has 1 unspecified atom stereocenters. The van der Waals surface area contributed by atoms with Crippen molar-refractivity contribution in [1.29, 1.82) is 0 Å². The van der Waals surface area contributed by atoms with Crippen LogP contribution in [0.25, 0.3) is 0 Å². The molecule has 0 aliphatic carbocycles. The first-order valence-electron chi connectivity index (χ1n) is 4.29. The first-order chi connectivity index (χ1) is 6.11. The Kier molecular flexibility index (Phi) is 3.88. The highest BCUT2D eigenvalue weighted by Gasteiger charge is 2.06. The van der Waals surface area contributed by atoms with Gasteiger partial charge in [-0.25, -0.2) is 4.39 Å². The minimum Gasteiger partial charge on any atom is -0.328 e. The molecule has 1 rings (SSSR count). The van der Waals surface area contributed by atoms with Gasteiger partial charge >= 0.3 is 0 Å². The van der Waals surface area contributed by atoms with Crippen molar-refractivity contribution in [1.82, 2.24) is 0 Å². The highest BCUT2D eigenvalue weighted by atomic mass is 79.9. The fourth-order valence-electron chi connectivity index (χ4n) is 1.14. The van der Waals surface area contributed by atoms with Gasteiger partial charge in [0.2, 0.25) is 0 Å². The molecule has 1 aromatic rings. The van der Waals surface area contributed by atoms with E-state index >= 15 is 0 Å². The Morgan fingerprint density at radius 1 is 1.54 bits per heavy atom. The zero-order valence-corrected chi connectivity index (χ0v) is 9.14. The summed E-state index contributed by atoms with van der Waals surface area (Å²) >= 11 is 3.32. The van der Waals surface area contributed by atoms with E-state index in [1.54, 1.807) is 6.07 Å².